The second-order valence-corrected chi connectivity index (χ2v) is 5.56. The Kier molecular flexibility index (Phi) is 8.36. The molecule has 1 unspecified atom stereocenters. The zero-order valence-corrected chi connectivity index (χ0v) is 16.4. The molecule has 1 heterocycles. The predicted octanol–water partition coefficient (Wildman–Crippen LogP) is 2.44. The lowest BCUT2D eigenvalue weighted by atomic mass is 10.0. The second kappa shape index (κ2) is 9.75. The summed E-state index contributed by atoms with van der Waals surface area (Å²) in [5.41, 5.74) is 2.76. The van der Waals surface area contributed by atoms with Gasteiger partial charge in [0, 0.05) is 19.6 Å². The Bertz CT molecular complexity index is 548. The Hall–Kier alpha value is -1.31. The highest BCUT2D eigenvalue weighted by Crippen LogP contribution is 2.18. The van der Waals surface area contributed by atoms with E-state index in [0.717, 1.165) is 32.0 Å². The fraction of sp³-hybridized carbons (Fsp3) is 0.529. The number of rotatable bonds is 4. The summed E-state index contributed by atoms with van der Waals surface area (Å²) in [6.07, 6.45) is 1.02. The highest BCUT2D eigenvalue weighted by molar-refractivity contribution is 14.0. The van der Waals surface area contributed by atoms with Crippen LogP contribution >= 0.6 is 24.0 Å². The molecule has 0 saturated carbocycles. The number of benzene rings is 1. The van der Waals surface area contributed by atoms with Crippen molar-refractivity contribution in [3.05, 3.63) is 35.4 Å². The highest BCUT2D eigenvalue weighted by Gasteiger charge is 2.19. The molecule has 1 aliphatic heterocycles. The van der Waals surface area contributed by atoms with Gasteiger partial charge >= 0.3 is 5.97 Å². The molecule has 1 N–H and O–H groups in total. The number of hydrogen-bond donors (Lipinski definition) is 1. The van der Waals surface area contributed by atoms with Crippen LogP contribution < -0.4 is 5.32 Å². The quantitative estimate of drug-likeness (QED) is 0.345. The SMILES string of the molecule is CCNC(=NCC(C)C(=O)OC)N1CCc2ccccc2C1.I. The number of nitrogens with one attached hydrogen (secondary N) is 1. The van der Waals surface area contributed by atoms with Crippen molar-refractivity contribution in [1.82, 2.24) is 10.2 Å². The van der Waals surface area contributed by atoms with Crippen LogP contribution in [0, 0.1) is 5.92 Å². The number of guanidine groups is 1. The lowest BCUT2D eigenvalue weighted by molar-refractivity contribution is -0.144. The number of halogens is 1. The van der Waals surface area contributed by atoms with Crippen molar-refractivity contribution < 1.29 is 9.53 Å². The zero-order valence-electron chi connectivity index (χ0n) is 14.0. The lowest BCUT2D eigenvalue weighted by Crippen LogP contribution is -2.44. The zero-order chi connectivity index (χ0) is 15.9. The molecule has 0 radical (unpaired) electrons. The van der Waals surface area contributed by atoms with E-state index < -0.39 is 0 Å². The molecule has 0 saturated heterocycles. The number of nitrogens with zero attached hydrogens (tertiary/aromatic N) is 2. The van der Waals surface area contributed by atoms with Gasteiger partial charge < -0.3 is 15.0 Å². The van der Waals surface area contributed by atoms with Crippen molar-refractivity contribution in [3.63, 3.8) is 0 Å². The van der Waals surface area contributed by atoms with Crippen molar-refractivity contribution in [2.45, 2.75) is 26.8 Å². The Morgan fingerprint density at radius 3 is 2.74 bits per heavy atom. The number of aliphatic imine (C=N–C) groups is 1. The van der Waals surface area contributed by atoms with Crippen LogP contribution in [0.15, 0.2) is 29.3 Å². The fourth-order valence-corrected chi connectivity index (χ4v) is 2.60. The maximum absolute atomic E-state index is 11.5. The smallest absolute Gasteiger partial charge is 0.310 e. The summed E-state index contributed by atoms with van der Waals surface area (Å²) in [6.45, 7) is 6.93. The number of hydrogen-bond acceptors (Lipinski definition) is 3. The van der Waals surface area contributed by atoms with Crippen LogP contribution in [0.1, 0.15) is 25.0 Å². The molecule has 6 heteroatoms. The minimum absolute atomic E-state index is 0. The molecule has 0 aromatic heterocycles. The van der Waals surface area contributed by atoms with Crippen LogP contribution in [0.2, 0.25) is 0 Å². The molecule has 0 amide bonds. The van der Waals surface area contributed by atoms with Crippen molar-refractivity contribution in [2.75, 3.05) is 26.7 Å². The first-order valence-electron chi connectivity index (χ1n) is 7.83. The molecule has 0 bridgehead atoms. The summed E-state index contributed by atoms with van der Waals surface area (Å²) >= 11 is 0. The van der Waals surface area contributed by atoms with Gasteiger partial charge in [-0.15, -0.1) is 24.0 Å². The van der Waals surface area contributed by atoms with E-state index >= 15 is 0 Å². The van der Waals surface area contributed by atoms with Gasteiger partial charge in [-0.25, -0.2) is 0 Å². The molecule has 0 spiro atoms. The maximum Gasteiger partial charge on any atom is 0.310 e. The highest BCUT2D eigenvalue weighted by atomic mass is 127. The minimum Gasteiger partial charge on any atom is -0.469 e. The predicted molar refractivity (Wildman–Crippen MR) is 103 cm³/mol. The minimum atomic E-state index is -0.226. The lowest BCUT2D eigenvalue weighted by Gasteiger charge is -2.31. The van der Waals surface area contributed by atoms with E-state index in [1.165, 1.54) is 18.2 Å². The Balaban J connectivity index is 0.00000264. The molecule has 128 valence electrons. The van der Waals surface area contributed by atoms with Crippen molar-refractivity contribution in [2.24, 2.45) is 10.9 Å². The second-order valence-electron chi connectivity index (χ2n) is 5.56. The monoisotopic (exact) mass is 431 g/mol. The van der Waals surface area contributed by atoms with Gasteiger partial charge in [0.1, 0.15) is 0 Å². The van der Waals surface area contributed by atoms with Crippen LogP contribution in [0.3, 0.4) is 0 Å². The van der Waals surface area contributed by atoms with Crippen molar-refractivity contribution in [3.8, 4) is 0 Å². The van der Waals surface area contributed by atoms with Gasteiger partial charge in [0.25, 0.3) is 0 Å². The Morgan fingerprint density at radius 2 is 2.09 bits per heavy atom. The van der Waals surface area contributed by atoms with Gasteiger partial charge in [0.05, 0.1) is 19.6 Å². The maximum atomic E-state index is 11.5. The molecule has 5 nitrogen and oxygen atoms in total. The number of esters is 1. The molecule has 2 rings (SSSR count). The summed E-state index contributed by atoms with van der Waals surface area (Å²) in [4.78, 5) is 18.4. The molecular formula is C17H26IN3O2. The summed E-state index contributed by atoms with van der Waals surface area (Å²) in [6, 6.07) is 8.52. The van der Waals surface area contributed by atoms with E-state index in [4.69, 9.17) is 4.74 Å². The van der Waals surface area contributed by atoms with Gasteiger partial charge in [0.2, 0.25) is 0 Å². The number of carbonyl (C=O) groups is 1. The van der Waals surface area contributed by atoms with Gasteiger partial charge in [-0.05, 0) is 24.5 Å². The van der Waals surface area contributed by atoms with Crippen LogP contribution in [-0.2, 0) is 22.5 Å². The summed E-state index contributed by atoms with van der Waals surface area (Å²) in [5, 5.41) is 3.32. The summed E-state index contributed by atoms with van der Waals surface area (Å²) in [5.74, 6) is 0.423. The Morgan fingerprint density at radius 1 is 1.39 bits per heavy atom. The van der Waals surface area contributed by atoms with E-state index in [-0.39, 0.29) is 35.9 Å². The number of ether oxygens (including phenoxy) is 1. The third kappa shape index (κ3) is 5.37. The van der Waals surface area contributed by atoms with E-state index in [2.05, 4.69) is 46.4 Å². The largest absolute Gasteiger partial charge is 0.469 e. The van der Waals surface area contributed by atoms with Gasteiger partial charge in [-0.1, -0.05) is 31.2 Å². The molecule has 1 aliphatic rings. The molecular weight excluding hydrogens is 405 g/mol. The molecule has 0 aliphatic carbocycles. The third-order valence-electron chi connectivity index (χ3n) is 3.88. The number of carbonyl (C=O) groups excluding carboxylic acids is 1. The van der Waals surface area contributed by atoms with E-state index in [1.807, 2.05) is 6.92 Å². The molecule has 1 aromatic carbocycles. The van der Waals surface area contributed by atoms with Crippen LogP contribution in [0.4, 0.5) is 0 Å². The van der Waals surface area contributed by atoms with Crippen molar-refractivity contribution >= 4 is 35.9 Å². The first-order chi connectivity index (χ1) is 10.7. The van der Waals surface area contributed by atoms with Crippen molar-refractivity contribution in [1.29, 1.82) is 0 Å². The van der Waals surface area contributed by atoms with Crippen LogP contribution in [0.5, 0.6) is 0 Å². The van der Waals surface area contributed by atoms with Gasteiger partial charge in [-0.3, -0.25) is 9.79 Å². The number of fused-ring (bicyclic) bond motifs is 1. The third-order valence-corrected chi connectivity index (χ3v) is 3.88. The van der Waals surface area contributed by atoms with E-state index in [9.17, 15) is 4.79 Å². The topological polar surface area (TPSA) is 53.9 Å². The molecule has 0 fully saturated rings. The first kappa shape index (κ1) is 19.7. The van der Waals surface area contributed by atoms with E-state index in [1.54, 1.807) is 0 Å². The normalized spacial score (nSPS) is 15.3. The summed E-state index contributed by atoms with van der Waals surface area (Å²) in [7, 11) is 1.41. The van der Waals surface area contributed by atoms with Gasteiger partial charge in [0.15, 0.2) is 5.96 Å². The average molecular weight is 431 g/mol. The fourth-order valence-electron chi connectivity index (χ4n) is 2.60. The molecule has 23 heavy (non-hydrogen) atoms. The standard InChI is InChI=1S/C17H25N3O2.HI/c1-4-18-17(19-11-13(2)16(21)22-3)20-10-9-14-7-5-6-8-15(14)12-20;/h5-8,13H,4,9-12H2,1-3H3,(H,18,19);1H. The van der Waals surface area contributed by atoms with Crippen LogP contribution in [-0.4, -0.2) is 43.6 Å². The average Bonchev–Trinajstić information content (AvgIpc) is 2.57. The Labute approximate surface area is 155 Å². The van der Waals surface area contributed by atoms with Crippen LogP contribution in [0.25, 0.3) is 0 Å². The first-order valence-corrected chi connectivity index (χ1v) is 7.83. The van der Waals surface area contributed by atoms with E-state index in [0.29, 0.717) is 6.54 Å². The molecule has 1 aromatic rings. The molecule has 1 atom stereocenters. The number of methoxy groups -OCH3 is 1. The summed E-state index contributed by atoms with van der Waals surface area (Å²) < 4.78 is 4.75. The van der Waals surface area contributed by atoms with Gasteiger partial charge in [-0.2, -0.15) is 0 Å².